The van der Waals surface area contributed by atoms with Crippen LogP contribution in [-0.4, -0.2) is 144 Å². The highest BCUT2D eigenvalue weighted by Crippen LogP contribution is 2.67. The van der Waals surface area contributed by atoms with E-state index in [0.717, 1.165) is 17.7 Å². The minimum atomic E-state index is -5.13. The smallest absolute Gasteiger partial charge is 0.370 e. The fraction of sp³-hybridized carbons (Fsp3) is 0.708. The SMILES string of the molecule is [B]C1([B])CN(c2nc(C3CC3)c3c(c2C#N)CC(C)(C)OC3)C([B])([B])[C@@]([B])(C([B])(C([B])([B])[B])C([B])([B])[B])N1C(=O)CC(F)(F)F. The van der Waals surface area contributed by atoms with Gasteiger partial charge in [0.2, 0.25) is 5.91 Å². The second-order valence-electron chi connectivity index (χ2n) is 13.1. The topological polar surface area (TPSA) is 69.5 Å². The summed E-state index contributed by atoms with van der Waals surface area (Å²) in [5.41, 5.74) is -2.32. The van der Waals surface area contributed by atoms with Crippen LogP contribution < -0.4 is 4.90 Å². The number of nitriles is 1. The summed E-state index contributed by atoms with van der Waals surface area (Å²) in [4.78, 5) is 19.2. The maximum atomic E-state index is 13.6. The molecule has 1 atom stereocenters. The lowest BCUT2D eigenvalue weighted by molar-refractivity contribution is -0.168. The van der Waals surface area contributed by atoms with E-state index >= 15 is 0 Å². The number of alkyl halides is 3. The molecule has 1 saturated heterocycles. The van der Waals surface area contributed by atoms with E-state index in [2.05, 4.69) is 6.07 Å². The molecular formula is C24H19B12F3N4O2. The van der Waals surface area contributed by atoms with Crippen LogP contribution in [0.1, 0.15) is 61.4 Å². The van der Waals surface area contributed by atoms with Gasteiger partial charge in [-0.2, -0.15) is 18.4 Å². The first-order valence-electron chi connectivity index (χ1n) is 13.8. The van der Waals surface area contributed by atoms with E-state index in [9.17, 15) is 23.2 Å². The zero-order valence-corrected chi connectivity index (χ0v) is 25.0. The van der Waals surface area contributed by atoms with Crippen LogP contribution in [0.2, 0.25) is 15.5 Å². The normalized spacial score (nSPS) is 24.8. The summed E-state index contributed by atoms with van der Waals surface area (Å²) in [5.74, 6) is -2.13. The number of pyridine rings is 1. The van der Waals surface area contributed by atoms with Crippen molar-refractivity contribution in [2.24, 2.45) is 0 Å². The van der Waals surface area contributed by atoms with E-state index < -0.39 is 62.3 Å². The molecule has 0 spiro atoms. The highest BCUT2D eigenvalue weighted by molar-refractivity contribution is 6.71. The van der Waals surface area contributed by atoms with Gasteiger partial charge in [-0.3, -0.25) is 4.79 Å². The Morgan fingerprint density at radius 2 is 1.53 bits per heavy atom. The molecule has 2 aliphatic heterocycles. The fourth-order valence-electron chi connectivity index (χ4n) is 6.41. The Balaban J connectivity index is 2.11. The number of carbonyl (C=O) groups is 1. The van der Waals surface area contributed by atoms with Gasteiger partial charge in [0, 0.05) is 29.9 Å². The number of rotatable bonds is 6. The zero-order valence-electron chi connectivity index (χ0n) is 25.0. The number of nitrogens with zero attached hydrogens (tertiary/aromatic N) is 4. The number of aromatic nitrogens is 1. The molecule has 3 aliphatic rings. The van der Waals surface area contributed by atoms with Gasteiger partial charge in [0.1, 0.15) is 26.2 Å². The van der Waals surface area contributed by atoms with Crippen molar-refractivity contribution in [3.8, 4) is 6.07 Å². The van der Waals surface area contributed by atoms with Crippen LogP contribution >= 0.6 is 0 Å². The third kappa shape index (κ3) is 5.69. The van der Waals surface area contributed by atoms with Crippen LogP contribution in [0.4, 0.5) is 19.0 Å². The molecule has 1 aliphatic carbocycles. The van der Waals surface area contributed by atoms with Gasteiger partial charge in [0.05, 0.1) is 110 Å². The van der Waals surface area contributed by atoms with Crippen LogP contribution in [0.25, 0.3) is 0 Å². The van der Waals surface area contributed by atoms with Gasteiger partial charge in [-0.25, -0.2) is 4.98 Å². The quantitative estimate of drug-likeness (QED) is 0.387. The molecule has 45 heavy (non-hydrogen) atoms. The lowest BCUT2D eigenvalue weighted by atomic mass is 9.08. The van der Waals surface area contributed by atoms with Crippen molar-refractivity contribution in [3.05, 3.63) is 22.4 Å². The summed E-state index contributed by atoms with van der Waals surface area (Å²) in [5, 5.41) is -4.35. The number of hydrogen-bond donors (Lipinski definition) is 0. The average molecular weight is 582 g/mol. The van der Waals surface area contributed by atoms with E-state index in [-0.39, 0.29) is 35.2 Å². The predicted octanol–water partition coefficient (Wildman–Crippen LogP) is -1.39. The lowest BCUT2D eigenvalue weighted by Gasteiger charge is -2.79. The molecule has 0 bridgehead atoms. The summed E-state index contributed by atoms with van der Waals surface area (Å²) in [6.07, 6.45) is -5.55. The minimum absolute atomic E-state index is 0.0269. The van der Waals surface area contributed by atoms with Crippen LogP contribution in [-0.2, 0) is 22.6 Å². The van der Waals surface area contributed by atoms with Crippen LogP contribution in [0.15, 0.2) is 0 Å². The number of hydrogen-bond acceptors (Lipinski definition) is 5. The molecule has 1 amide bonds. The van der Waals surface area contributed by atoms with Crippen LogP contribution in [0, 0.1) is 11.3 Å². The van der Waals surface area contributed by atoms with E-state index in [0.29, 0.717) is 16.8 Å². The highest BCUT2D eigenvalue weighted by atomic mass is 19.4. The van der Waals surface area contributed by atoms with Crippen molar-refractivity contribution in [2.45, 2.75) is 95.5 Å². The molecule has 1 aromatic heterocycles. The molecule has 1 saturated carbocycles. The Labute approximate surface area is 278 Å². The monoisotopic (exact) mass is 584 g/mol. The van der Waals surface area contributed by atoms with Gasteiger partial charge < -0.3 is 14.5 Å². The second kappa shape index (κ2) is 10.7. The van der Waals surface area contributed by atoms with Gasteiger partial charge in [-0.15, -0.1) is 10.2 Å². The summed E-state index contributed by atoms with van der Waals surface area (Å²) in [7, 11) is 75.6. The minimum Gasteiger partial charge on any atom is -0.370 e. The second-order valence-corrected chi connectivity index (χ2v) is 13.1. The summed E-state index contributed by atoms with van der Waals surface area (Å²) in [6, 6.07) is 2.10. The molecule has 4 rings (SSSR count). The third-order valence-corrected chi connectivity index (χ3v) is 8.77. The number of piperazine rings is 1. The fourth-order valence-corrected chi connectivity index (χ4v) is 6.41. The first-order valence-corrected chi connectivity index (χ1v) is 13.8. The number of carbonyl (C=O) groups excluding carboxylic acids is 1. The van der Waals surface area contributed by atoms with E-state index in [1.807, 2.05) is 13.8 Å². The van der Waals surface area contributed by atoms with E-state index in [4.69, 9.17) is 104 Å². The molecule has 0 aromatic carbocycles. The van der Waals surface area contributed by atoms with Crippen molar-refractivity contribution in [3.63, 3.8) is 0 Å². The molecule has 2 fully saturated rings. The first-order chi connectivity index (χ1) is 20.1. The van der Waals surface area contributed by atoms with Crippen molar-refractivity contribution < 1.29 is 22.7 Å². The largest absolute Gasteiger partial charge is 0.397 e. The van der Waals surface area contributed by atoms with Crippen molar-refractivity contribution >= 4 is 106 Å². The summed E-state index contributed by atoms with van der Waals surface area (Å²) in [6.45, 7) is 2.92. The Morgan fingerprint density at radius 1 is 1.00 bits per heavy atom. The molecule has 21 heteroatoms. The predicted molar refractivity (Wildman–Crippen MR) is 174 cm³/mol. The van der Waals surface area contributed by atoms with Crippen molar-refractivity contribution in [1.29, 1.82) is 5.26 Å². The molecule has 6 nitrogen and oxygen atoms in total. The summed E-state index contributed by atoms with van der Waals surface area (Å²) >= 11 is 0. The number of halogens is 3. The van der Waals surface area contributed by atoms with E-state index in [1.54, 1.807) is 0 Å². The number of fused-ring (bicyclic) bond motifs is 1. The van der Waals surface area contributed by atoms with Gasteiger partial charge in [0.15, 0.2) is 0 Å². The molecule has 24 radical (unpaired) electrons. The Kier molecular flexibility index (Phi) is 8.64. The summed E-state index contributed by atoms with van der Waals surface area (Å²) < 4.78 is 46.9. The van der Waals surface area contributed by atoms with E-state index in [1.165, 1.54) is 0 Å². The van der Waals surface area contributed by atoms with Gasteiger partial charge in [-0.05, 0) is 42.9 Å². The standard InChI is InChI=1S/C24H19B12F3N4O2/c1-17(2)5-11-12(7-40)16(41-15(10-3-4-10)13(11)8-45-17)42-9-18(25,26)43(14(44)6-19(37,38)39)21(28,24(42,35)36)20(27,22(29,30)31)23(32,33)34/h10H,3-6,8-9H2,1-2H3/t21-/m1/s1. The molecule has 204 valence electrons. The maximum Gasteiger partial charge on any atom is 0.397 e. The van der Waals surface area contributed by atoms with Gasteiger partial charge >= 0.3 is 6.18 Å². The van der Waals surface area contributed by atoms with Crippen LogP contribution in [0.3, 0.4) is 0 Å². The zero-order chi connectivity index (χ0) is 34.6. The molecule has 3 heterocycles. The number of ether oxygens (including phenoxy) is 1. The highest BCUT2D eigenvalue weighted by Gasteiger charge is 2.68. The van der Waals surface area contributed by atoms with Crippen LogP contribution in [0.5, 0.6) is 0 Å². The first kappa shape index (κ1) is 36.3. The third-order valence-electron chi connectivity index (χ3n) is 8.77. The van der Waals surface area contributed by atoms with Crippen molar-refractivity contribution in [1.82, 2.24) is 9.88 Å². The van der Waals surface area contributed by atoms with Gasteiger partial charge in [-0.1, -0.05) is 5.31 Å². The number of amides is 1. The Hall–Kier alpha value is -1.56. The van der Waals surface area contributed by atoms with Gasteiger partial charge in [0.25, 0.3) is 0 Å². The van der Waals surface area contributed by atoms with Crippen molar-refractivity contribution in [2.75, 3.05) is 11.4 Å². The average Bonchev–Trinajstić information content (AvgIpc) is 3.67. The Morgan fingerprint density at radius 3 is 1.98 bits per heavy atom. The molecule has 0 N–H and O–H groups in total. The Bertz CT molecular complexity index is 1420. The maximum absolute atomic E-state index is 13.6. The molecule has 0 unspecified atom stereocenters. The molecular weight excluding hydrogens is 563 g/mol. The molecule has 1 aromatic rings. The number of anilines is 1. The lowest BCUT2D eigenvalue weighted by Crippen LogP contribution is -2.89.